The lowest BCUT2D eigenvalue weighted by atomic mass is 10.2. The number of hydrogen-bond acceptors (Lipinski definition) is 6. The minimum atomic E-state index is 0.00976. The zero-order valence-electron chi connectivity index (χ0n) is 9.89. The van der Waals surface area contributed by atoms with Crippen molar-refractivity contribution in [3.05, 3.63) is 54.4 Å². The second-order valence-corrected chi connectivity index (χ2v) is 3.91. The Bertz CT molecular complexity index is 682. The van der Waals surface area contributed by atoms with Crippen molar-refractivity contribution in [2.75, 3.05) is 0 Å². The van der Waals surface area contributed by atoms with E-state index in [4.69, 9.17) is 4.52 Å². The van der Waals surface area contributed by atoms with Gasteiger partial charge < -0.3 is 9.63 Å². The normalized spacial score (nSPS) is 10.5. The number of hydrogen-bond donors (Lipinski definition) is 1. The van der Waals surface area contributed by atoms with E-state index in [1.165, 1.54) is 6.20 Å². The summed E-state index contributed by atoms with van der Waals surface area (Å²) >= 11 is 0. The minimum Gasteiger partial charge on any atom is -0.505 e. The van der Waals surface area contributed by atoms with Crippen molar-refractivity contribution in [1.29, 1.82) is 0 Å². The van der Waals surface area contributed by atoms with Gasteiger partial charge in [-0.05, 0) is 18.2 Å². The molecule has 0 atom stereocenters. The molecule has 6 nitrogen and oxygen atoms in total. The molecule has 0 unspecified atom stereocenters. The van der Waals surface area contributed by atoms with Crippen molar-refractivity contribution in [3.63, 3.8) is 0 Å². The standard InChI is InChI=1S/C13H10N4O2/c18-11-8-14-6-4-10(11)13-16-12(17-19-13)7-9-3-1-2-5-15-9/h1-6,8,18H,7H2. The van der Waals surface area contributed by atoms with Crippen LogP contribution in [0.25, 0.3) is 11.5 Å². The van der Waals surface area contributed by atoms with Gasteiger partial charge in [0.05, 0.1) is 18.2 Å². The van der Waals surface area contributed by atoms with Crippen molar-refractivity contribution in [3.8, 4) is 17.2 Å². The summed E-state index contributed by atoms with van der Waals surface area (Å²) in [5.74, 6) is 0.797. The molecule has 0 aliphatic rings. The Morgan fingerprint density at radius 3 is 2.89 bits per heavy atom. The molecule has 0 saturated carbocycles. The third kappa shape index (κ3) is 2.42. The molecule has 6 heteroatoms. The molecule has 94 valence electrons. The molecule has 3 heterocycles. The van der Waals surface area contributed by atoms with Crippen molar-refractivity contribution < 1.29 is 9.63 Å². The van der Waals surface area contributed by atoms with E-state index < -0.39 is 0 Å². The number of pyridine rings is 2. The van der Waals surface area contributed by atoms with Crippen LogP contribution in [0.5, 0.6) is 5.75 Å². The largest absolute Gasteiger partial charge is 0.505 e. The first-order valence-electron chi connectivity index (χ1n) is 5.69. The van der Waals surface area contributed by atoms with E-state index in [0.717, 1.165) is 5.69 Å². The molecular formula is C13H10N4O2. The van der Waals surface area contributed by atoms with E-state index >= 15 is 0 Å². The predicted molar refractivity (Wildman–Crippen MR) is 66.2 cm³/mol. The summed E-state index contributed by atoms with van der Waals surface area (Å²) in [5, 5.41) is 13.5. The average Bonchev–Trinajstić information content (AvgIpc) is 2.89. The highest BCUT2D eigenvalue weighted by Gasteiger charge is 2.13. The number of aromatic hydroxyl groups is 1. The Balaban J connectivity index is 1.86. The quantitative estimate of drug-likeness (QED) is 0.767. The van der Waals surface area contributed by atoms with Gasteiger partial charge in [0.1, 0.15) is 5.75 Å². The van der Waals surface area contributed by atoms with Gasteiger partial charge >= 0.3 is 0 Å². The van der Waals surface area contributed by atoms with Crippen molar-refractivity contribution in [2.24, 2.45) is 0 Å². The van der Waals surface area contributed by atoms with Crippen LogP contribution in [0.1, 0.15) is 11.5 Å². The van der Waals surface area contributed by atoms with Gasteiger partial charge in [-0.1, -0.05) is 11.2 Å². The molecule has 19 heavy (non-hydrogen) atoms. The van der Waals surface area contributed by atoms with Crippen LogP contribution in [0.2, 0.25) is 0 Å². The zero-order valence-corrected chi connectivity index (χ0v) is 9.89. The van der Waals surface area contributed by atoms with Crippen LogP contribution < -0.4 is 0 Å². The van der Waals surface area contributed by atoms with Crippen molar-refractivity contribution in [2.45, 2.75) is 6.42 Å². The SMILES string of the molecule is Oc1cnccc1-c1nc(Cc2ccccn2)no1. The third-order valence-corrected chi connectivity index (χ3v) is 2.56. The Morgan fingerprint density at radius 2 is 2.11 bits per heavy atom. The Labute approximate surface area is 108 Å². The third-order valence-electron chi connectivity index (χ3n) is 2.56. The van der Waals surface area contributed by atoms with Gasteiger partial charge in [0.25, 0.3) is 5.89 Å². The highest BCUT2D eigenvalue weighted by molar-refractivity contribution is 5.60. The fourth-order valence-electron chi connectivity index (χ4n) is 1.67. The van der Waals surface area contributed by atoms with E-state index in [9.17, 15) is 5.11 Å². The Kier molecular flexibility index (Phi) is 2.89. The van der Waals surface area contributed by atoms with Crippen LogP contribution >= 0.6 is 0 Å². The van der Waals surface area contributed by atoms with Gasteiger partial charge in [-0.25, -0.2) is 0 Å². The topological polar surface area (TPSA) is 84.9 Å². The molecule has 3 rings (SSSR count). The summed E-state index contributed by atoms with van der Waals surface area (Å²) in [5.41, 5.74) is 1.32. The summed E-state index contributed by atoms with van der Waals surface area (Å²) in [6, 6.07) is 7.26. The van der Waals surface area contributed by atoms with Gasteiger partial charge in [-0.15, -0.1) is 0 Å². The lowest BCUT2D eigenvalue weighted by Gasteiger charge is -1.96. The molecule has 0 radical (unpaired) electrons. The first-order valence-corrected chi connectivity index (χ1v) is 5.69. The molecule has 3 aromatic heterocycles. The molecule has 3 aromatic rings. The molecule has 1 N–H and O–H groups in total. The number of aromatic nitrogens is 4. The molecule has 0 fully saturated rings. The van der Waals surface area contributed by atoms with Gasteiger partial charge in [-0.3, -0.25) is 9.97 Å². The summed E-state index contributed by atoms with van der Waals surface area (Å²) in [6.45, 7) is 0. The molecule has 0 aliphatic heterocycles. The molecule has 0 saturated heterocycles. The Morgan fingerprint density at radius 1 is 1.16 bits per heavy atom. The fraction of sp³-hybridized carbons (Fsp3) is 0.0769. The molecule has 0 aliphatic carbocycles. The summed E-state index contributed by atoms with van der Waals surface area (Å²) in [6.07, 6.45) is 5.08. The van der Waals surface area contributed by atoms with Gasteiger partial charge in [0, 0.05) is 18.1 Å². The van der Waals surface area contributed by atoms with E-state index in [1.807, 2.05) is 18.2 Å². The van der Waals surface area contributed by atoms with Crippen molar-refractivity contribution >= 4 is 0 Å². The maximum Gasteiger partial charge on any atom is 0.261 e. The smallest absolute Gasteiger partial charge is 0.261 e. The van der Waals surface area contributed by atoms with Crippen LogP contribution in [0, 0.1) is 0 Å². The number of rotatable bonds is 3. The van der Waals surface area contributed by atoms with E-state index in [0.29, 0.717) is 17.8 Å². The first-order chi connectivity index (χ1) is 9.33. The zero-order chi connectivity index (χ0) is 13.1. The minimum absolute atomic E-state index is 0.00976. The van der Waals surface area contributed by atoms with Crippen LogP contribution in [-0.4, -0.2) is 25.2 Å². The molecule has 0 amide bonds. The van der Waals surface area contributed by atoms with E-state index in [1.54, 1.807) is 18.5 Å². The van der Waals surface area contributed by atoms with E-state index in [2.05, 4.69) is 20.1 Å². The van der Waals surface area contributed by atoms with Gasteiger partial charge in [-0.2, -0.15) is 4.98 Å². The summed E-state index contributed by atoms with van der Waals surface area (Å²) < 4.78 is 5.13. The van der Waals surface area contributed by atoms with Crippen LogP contribution in [-0.2, 0) is 6.42 Å². The van der Waals surface area contributed by atoms with Crippen LogP contribution in [0.15, 0.2) is 47.4 Å². The maximum atomic E-state index is 9.66. The lowest BCUT2D eigenvalue weighted by Crippen LogP contribution is -1.93. The van der Waals surface area contributed by atoms with Crippen molar-refractivity contribution in [1.82, 2.24) is 20.1 Å². The van der Waals surface area contributed by atoms with Gasteiger partial charge in [0.15, 0.2) is 5.82 Å². The second-order valence-electron chi connectivity index (χ2n) is 3.91. The summed E-state index contributed by atoms with van der Waals surface area (Å²) in [7, 11) is 0. The molecule has 0 aromatic carbocycles. The van der Waals surface area contributed by atoms with Crippen LogP contribution in [0.4, 0.5) is 0 Å². The average molecular weight is 254 g/mol. The maximum absolute atomic E-state index is 9.66. The van der Waals surface area contributed by atoms with Gasteiger partial charge in [0.2, 0.25) is 0 Å². The highest BCUT2D eigenvalue weighted by atomic mass is 16.5. The fourth-order valence-corrected chi connectivity index (χ4v) is 1.67. The predicted octanol–water partition coefficient (Wildman–Crippen LogP) is 1.82. The lowest BCUT2D eigenvalue weighted by molar-refractivity contribution is 0.418. The highest BCUT2D eigenvalue weighted by Crippen LogP contribution is 2.26. The molecule has 0 spiro atoms. The summed E-state index contributed by atoms with van der Waals surface area (Å²) in [4.78, 5) is 12.2. The van der Waals surface area contributed by atoms with Crippen LogP contribution in [0.3, 0.4) is 0 Å². The first kappa shape index (κ1) is 11.3. The molecular weight excluding hydrogens is 244 g/mol. The number of nitrogens with zero attached hydrogens (tertiary/aromatic N) is 4. The monoisotopic (exact) mass is 254 g/mol. The molecule has 0 bridgehead atoms. The van der Waals surface area contributed by atoms with E-state index in [-0.39, 0.29) is 11.6 Å². The second kappa shape index (κ2) is 4.85. The Hall–Kier alpha value is -2.76.